The maximum Gasteiger partial charge on any atom is 0.257 e. The van der Waals surface area contributed by atoms with Crippen LogP contribution in [0.1, 0.15) is 21.8 Å². The van der Waals surface area contributed by atoms with Gasteiger partial charge in [-0.05, 0) is 72.3 Å². The largest absolute Gasteiger partial charge is 0.326 e. The normalized spacial score (nSPS) is 17.8. The number of rotatable bonds is 6. The smallest absolute Gasteiger partial charge is 0.257 e. The zero-order valence-electron chi connectivity index (χ0n) is 18.8. The number of nitrogens with zero attached hydrogens (tertiary/aromatic N) is 2. The van der Waals surface area contributed by atoms with Crippen molar-refractivity contribution >= 4 is 81.2 Å². The summed E-state index contributed by atoms with van der Waals surface area (Å²) in [6.07, 6.45) is 3.50. The molecule has 0 bridgehead atoms. The van der Waals surface area contributed by atoms with Crippen LogP contribution in [0, 0.1) is 5.92 Å². The van der Waals surface area contributed by atoms with E-state index in [0.29, 0.717) is 27.0 Å². The molecule has 0 radical (unpaired) electrons. The summed E-state index contributed by atoms with van der Waals surface area (Å²) < 4.78 is 0.378. The third-order valence-electron chi connectivity index (χ3n) is 5.95. The van der Waals surface area contributed by atoms with Gasteiger partial charge >= 0.3 is 0 Å². The van der Waals surface area contributed by atoms with Gasteiger partial charge in [-0.15, -0.1) is 23.2 Å². The Balaban J connectivity index is 1.29. The first-order valence-electron chi connectivity index (χ1n) is 11.0. The van der Waals surface area contributed by atoms with Gasteiger partial charge in [0.25, 0.3) is 5.91 Å². The van der Waals surface area contributed by atoms with Gasteiger partial charge in [-0.2, -0.15) is 5.10 Å². The third kappa shape index (κ3) is 5.44. The monoisotopic (exact) mass is 592 g/mol. The van der Waals surface area contributed by atoms with E-state index in [2.05, 4.69) is 15.7 Å². The second kappa shape index (κ2) is 10.2. The van der Waals surface area contributed by atoms with Crippen molar-refractivity contribution in [1.29, 1.82) is 0 Å². The number of hydrogen-bond donors (Lipinski definition) is 2. The van der Waals surface area contributed by atoms with E-state index in [0.717, 1.165) is 5.69 Å². The number of amides is 2. The highest BCUT2D eigenvalue weighted by atomic mass is 35.5. The number of carbonyl (C=O) groups is 2. The molecule has 1 fully saturated rings. The minimum atomic E-state index is -1.33. The number of benzene rings is 3. The number of anilines is 2. The number of hydrogen-bond acceptors (Lipinski definition) is 3. The molecule has 2 atom stereocenters. The predicted molar refractivity (Wildman–Crippen MR) is 149 cm³/mol. The first-order valence-corrected chi connectivity index (χ1v) is 12.9. The van der Waals surface area contributed by atoms with E-state index in [9.17, 15) is 9.59 Å². The average molecular weight is 595 g/mol. The van der Waals surface area contributed by atoms with E-state index in [1.165, 1.54) is 12.1 Å². The van der Waals surface area contributed by atoms with E-state index < -0.39 is 28.0 Å². The van der Waals surface area contributed by atoms with Crippen LogP contribution in [0.25, 0.3) is 5.69 Å². The molecule has 2 amide bonds. The van der Waals surface area contributed by atoms with Crippen molar-refractivity contribution in [1.82, 2.24) is 9.78 Å². The van der Waals surface area contributed by atoms with Gasteiger partial charge in [0, 0.05) is 39.7 Å². The van der Waals surface area contributed by atoms with E-state index >= 15 is 0 Å². The molecule has 1 aliphatic rings. The fourth-order valence-electron chi connectivity index (χ4n) is 4.14. The fourth-order valence-corrected chi connectivity index (χ4v) is 5.71. The Kier molecular flexibility index (Phi) is 7.14. The average Bonchev–Trinajstić information content (AvgIpc) is 3.16. The lowest BCUT2D eigenvalue weighted by molar-refractivity contribution is -0.117. The summed E-state index contributed by atoms with van der Waals surface area (Å²) in [4.78, 5) is 26.0. The van der Waals surface area contributed by atoms with Crippen molar-refractivity contribution in [3.8, 4) is 5.69 Å². The zero-order chi connectivity index (χ0) is 26.3. The van der Waals surface area contributed by atoms with Crippen LogP contribution in [0.5, 0.6) is 0 Å². The Labute approximate surface area is 237 Å². The number of alkyl halides is 2. The summed E-state index contributed by atoms with van der Waals surface area (Å²) in [6, 6.07) is 18.5. The summed E-state index contributed by atoms with van der Waals surface area (Å²) >= 11 is 31.4. The zero-order valence-corrected chi connectivity index (χ0v) is 22.5. The van der Waals surface area contributed by atoms with Crippen molar-refractivity contribution in [3.05, 3.63) is 105 Å². The highest BCUT2D eigenvalue weighted by Crippen LogP contribution is 2.65. The number of nitrogens with one attached hydrogen (secondary N) is 2. The molecule has 4 aromatic rings. The molecule has 37 heavy (non-hydrogen) atoms. The topological polar surface area (TPSA) is 76.0 Å². The summed E-state index contributed by atoms with van der Waals surface area (Å²) in [5.74, 6) is -2.08. The van der Waals surface area contributed by atoms with Gasteiger partial charge in [0.15, 0.2) is 0 Å². The van der Waals surface area contributed by atoms with Gasteiger partial charge in [0.05, 0.1) is 22.2 Å². The van der Waals surface area contributed by atoms with Crippen LogP contribution in [0.15, 0.2) is 79.1 Å². The highest BCUT2D eigenvalue weighted by Gasteiger charge is 2.67. The van der Waals surface area contributed by atoms with Gasteiger partial charge in [-0.1, -0.05) is 34.8 Å². The van der Waals surface area contributed by atoms with Crippen molar-refractivity contribution in [2.45, 2.75) is 10.3 Å². The molecule has 0 aliphatic heterocycles. The number of aromatic nitrogens is 2. The molecular formula is C26H17Cl5N4O2. The maximum absolute atomic E-state index is 13.0. The molecule has 2 unspecified atom stereocenters. The molecule has 5 rings (SSSR count). The predicted octanol–water partition coefficient (Wildman–Crippen LogP) is 7.61. The van der Waals surface area contributed by atoms with Gasteiger partial charge in [-0.3, -0.25) is 9.59 Å². The van der Waals surface area contributed by atoms with E-state index in [1.54, 1.807) is 47.3 Å². The van der Waals surface area contributed by atoms with Gasteiger partial charge in [-0.25, -0.2) is 4.68 Å². The molecule has 2 N–H and O–H groups in total. The van der Waals surface area contributed by atoms with Crippen LogP contribution < -0.4 is 10.6 Å². The third-order valence-corrected chi connectivity index (χ3v) is 7.66. The van der Waals surface area contributed by atoms with Crippen LogP contribution in [-0.2, 0) is 4.79 Å². The second-order valence-corrected chi connectivity index (χ2v) is 11.2. The van der Waals surface area contributed by atoms with Crippen molar-refractivity contribution < 1.29 is 9.59 Å². The van der Waals surface area contributed by atoms with E-state index in [4.69, 9.17) is 58.0 Å². The van der Waals surface area contributed by atoms with Gasteiger partial charge in [0.2, 0.25) is 5.91 Å². The molecule has 11 heteroatoms. The molecule has 0 spiro atoms. The lowest BCUT2D eigenvalue weighted by Crippen LogP contribution is -2.18. The number of carbonyl (C=O) groups excluding carboxylic acids is 2. The van der Waals surface area contributed by atoms with E-state index in [-0.39, 0.29) is 10.6 Å². The lowest BCUT2D eigenvalue weighted by atomic mass is 10.1. The van der Waals surface area contributed by atoms with Crippen LogP contribution >= 0.6 is 58.0 Å². The number of halogens is 5. The maximum atomic E-state index is 13.0. The van der Waals surface area contributed by atoms with Crippen LogP contribution in [-0.4, -0.2) is 25.9 Å². The standard InChI is InChI=1S/C26H17Cl5N4O2/c27-15-10-14(11-16(28)12-15)22-23(26(22,30)31)25(37)34-18-4-7-21(29)20(13-18)24(36)33-17-2-5-19(6-3-17)35-9-1-8-32-35/h1-13,22-23H,(H,33,36)(H,34,37). The van der Waals surface area contributed by atoms with Crippen molar-refractivity contribution in [2.24, 2.45) is 5.92 Å². The Morgan fingerprint density at radius 3 is 2.19 bits per heavy atom. The van der Waals surface area contributed by atoms with Crippen LogP contribution in [0.2, 0.25) is 15.1 Å². The molecule has 188 valence electrons. The molecule has 1 saturated carbocycles. The van der Waals surface area contributed by atoms with Gasteiger partial charge in [0.1, 0.15) is 4.33 Å². The Bertz CT molecular complexity index is 1470. The minimum Gasteiger partial charge on any atom is -0.326 e. The SMILES string of the molecule is O=C(Nc1ccc(-n2cccn2)cc1)c1cc(NC(=O)C2C(c3cc(Cl)cc(Cl)c3)C2(Cl)Cl)ccc1Cl. The highest BCUT2D eigenvalue weighted by molar-refractivity contribution is 6.53. The molecule has 3 aromatic carbocycles. The first kappa shape index (κ1) is 25.9. The molecule has 6 nitrogen and oxygen atoms in total. The summed E-state index contributed by atoms with van der Waals surface area (Å²) in [5.41, 5.74) is 2.64. The Morgan fingerprint density at radius 2 is 1.54 bits per heavy atom. The van der Waals surface area contributed by atoms with Gasteiger partial charge < -0.3 is 10.6 Å². The Morgan fingerprint density at radius 1 is 0.865 bits per heavy atom. The van der Waals surface area contributed by atoms with Crippen LogP contribution in [0.3, 0.4) is 0 Å². The second-order valence-electron chi connectivity index (χ2n) is 8.47. The quantitative estimate of drug-likeness (QED) is 0.226. The first-order chi connectivity index (χ1) is 17.6. The molecular weight excluding hydrogens is 578 g/mol. The van der Waals surface area contributed by atoms with Crippen LogP contribution in [0.4, 0.5) is 11.4 Å². The molecule has 0 saturated heterocycles. The summed E-state index contributed by atoms with van der Waals surface area (Å²) in [6.45, 7) is 0. The molecule has 1 heterocycles. The Hall–Kier alpha value is -2.74. The summed E-state index contributed by atoms with van der Waals surface area (Å²) in [7, 11) is 0. The molecule has 1 aliphatic carbocycles. The molecule has 1 aromatic heterocycles. The lowest BCUT2D eigenvalue weighted by Gasteiger charge is -2.11. The van der Waals surface area contributed by atoms with Crippen molar-refractivity contribution in [3.63, 3.8) is 0 Å². The minimum absolute atomic E-state index is 0.188. The fraction of sp³-hybridized carbons (Fsp3) is 0.115. The summed E-state index contributed by atoms with van der Waals surface area (Å²) in [5, 5.41) is 10.8. The van der Waals surface area contributed by atoms with Crippen molar-refractivity contribution in [2.75, 3.05) is 10.6 Å². The van der Waals surface area contributed by atoms with E-state index in [1.807, 2.05) is 24.4 Å².